The summed E-state index contributed by atoms with van der Waals surface area (Å²) in [6, 6.07) is 12.1. The lowest BCUT2D eigenvalue weighted by Crippen LogP contribution is -2.35. The van der Waals surface area contributed by atoms with Gasteiger partial charge in [0.15, 0.2) is 0 Å². The minimum atomic E-state index is -0.419. The number of thiocarbonyl (C=S) groups is 1. The van der Waals surface area contributed by atoms with Gasteiger partial charge in [-0.25, -0.2) is 0 Å². The second-order valence-electron chi connectivity index (χ2n) is 6.96. The smallest absolute Gasteiger partial charge is 0.266 e. The van der Waals surface area contributed by atoms with E-state index in [1.807, 2.05) is 0 Å². The highest BCUT2D eigenvalue weighted by atomic mass is 32.2. The number of nitrogens with zero attached hydrogens (tertiary/aromatic N) is 2. The Morgan fingerprint density at radius 2 is 1.84 bits per heavy atom. The Kier molecular flexibility index (Phi) is 5.90. The number of thioether (sulfide) groups is 1. The van der Waals surface area contributed by atoms with Crippen LogP contribution >= 0.6 is 24.0 Å². The van der Waals surface area contributed by atoms with E-state index in [1.54, 1.807) is 49.5 Å². The number of hydrogen-bond acceptors (Lipinski definition) is 7. The molecule has 2 heterocycles. The molecule has 2 aliphatic rings. The van der Waals surface area contributed by atoms with Crippen molar-refractivity contribution in [1.82, 2.24) is 4.90 Å². The second-order valence-corrected chi connectivity index (χ2v) is 8.60. The molecular weight excluding hydrogens is 450 g/mol. The fourth-order valence-corrected chi connectivity index (χ4v) is 4.74. The van der Waals surface area contributed by atoms with Crippen molar-refractivity contribution in [2.45, 2.75) is 0 Å². The topological polar surface area (TPSA) is 88.2 Å². The zero-order chi connectivity index (χ0) is 23.0. The molecule has 0 atom stereocenters. The first kappa shape index (κ1) is 21.8. The van der Waals surface area contributed by atoms with Crippen LogP contribution in [0.1, 0.15) is 5.56 Å². The lowest BCUT2D eigenvalue weighted by atomic mass is 10.1. The van der Waals surface area contributed by atoms with Gasteiger partial charge in [-0.3, -0.25) is 24.2 Å². The number of ether oxygens (including phenoxy) is 2. The first-order valence-corrected chi connectivity index (χ1v) is 10.8. The standard InChI is InChI=1S/C22H19N3O5S2/c1-24-21(28)19(32-22(24)31)18-13-6-4-5-7-15(13)25(20(18)27)11-17(26)23-14-9-8-12(29-2)10-16(14)30-3/h4-10H,11H2,1-3H3,(H,23,26)/b19-18-. The molecule has 0 radical (unpaired) electrons. The van der Waals surface area contributed by atoms with Crippen molar-refractivity contribution in [1.29, 1.82) is 0 Å². The van der Waals surface area contributed by atoms with Crippen molar-refractivity contribution in [3.8, 4) is 11.5 Å². The number of carbonyl (C=O) groups excluding carboxylic acids is 3. The molecule has 2 aliphatic heterocycles. The number of nitrogens with one attached hydrogen (secondary N) is 1. The third-order valence-electron chi connectivity index (χ3n) is 5.10. The van der Waals surface area contributed by atoms with Crippen LogP contribution in [0.25, 0.3) is 5.57 Å². The van der Waals surface area contributed by atoms with Crippen LogP contribution in [-0.4, -0.2) is 54.8 Å². The van der Waals surface area contributed by atoms with E-state index in [-0.39, 0.29) is 22.9 Å². The van der Waals surface area contributed by atoms with E-state index < -0.39 is 11.8 Å². The summed E-state index contributed by atoms with van der Waals surface area (Å²) in [7, 11) is 4.60. The first-order valence-electron chi connectivity index (χ1n) is 9.53. The molecule has 10 heteroatoms. The predicted molar refractivity (Wildman–Crippen MR) is 127 cm³/mol. The molecule has 0 spiro atoms. The summed E-state index contributed by atoms with van der Waals surface area (Å²) in [5.41, 5.74) is 1.87. The summed E-state index contributed by atoms with van der Waals surface area (Å²) in [6.45, 7) is -0.235. The van der Waals surface area contributed by atoms with Gasteiger partial charge in [0.2, 0.25) is 5.91 Å². The van der Waals surface area contributed by atoms with Crippen LogP contribution in [0.15, 0.2) is 47.4 Å². The second kappa shape index (κ2) is 8.64. The van der Waals surface area contributed by atoms with Crippen LogP contribution in [0, 0.1) is 0 Å². The molecule has 3 amide bonds. The molecule has 4 rings (SSSR count). The molecular formula is C22H19N3O5S2. The van der Waals surface area contributed by atoms with E-state index in [1.165, 1.54) is 24.0 Å². The highest BCUT2D eigenvalue weighted by Crippen LogP contribution is 2.44. The van der Waals surface area contributed by atoms with E-state index in [9.17, 15) is 14.4 Å². The third kappa shape index (κ3) is 3.71. The quantitative estimate of drug-likeness (QED) is 0.532. The van der Waals surface area contributed by atoms with Crippen molar-refractivity contribution in [2.24, 2.45) is 0 Å². The SMILES string of the molecule is COc1ccc(NC(=O)CN2C(=O)/C(=C3\SC(=S)N(C)C3=O)c3ccccc32)c(OC)c1. The van der Waals surface area contributed by atoms with Gasteiger partial charge in [-0.05, 0) is 18.2 Å². The fourth-order valence-electron chi connectivity index (χ4n) is 3.48. The number of hydrogen-bond donors (Lipinski definition) is 1. The normalized spacial score (nSPS) is 17.7. The average Bonchev–Trinajstić information content (AvgIpc) is 3.21. The van der Waals surface area contributed by atoms with Crippen molar-refractivity contribution >= 4 is 63.0 Å². The molecule has 1 fully saturated rings. The Balaban J connectivity index is 1.63. The molecule has 32 heavy (non-hydrogen) atoms. The molecule has 0 unspecified atom stereocenters. The predicted octanol–water partition coefficient (Wildman–Crippen LogP) is 2.89. The van der Waals surface area contributed by atoms with Gasteiger partial charge in [0.05, 0.1) is 36.1 Å². The minimum Gasteiger partial charge on any atom is -0.497 e. The Morgan fingerprint density at radius 3 is 2.50 bits per heavy atom. The first-order chi connectivity index (χ1) is 15.3. The Labute approximate surface area is 194 Å². The van der Waals surface area contributed by atoms with Gasteiger partial charge < -0.3 is 14.8 Å². The van der Waals surface area contributed by atoms with E-state index in [0.29, 0.717) is 32.8 Å². The molecule has 0 aliphatic carbocycles. The van der Waals surface area contributed by atoms with Gasteiger partial charge >= 0.3 is 0 Å². The maximum atomic E-state index is 13.3. The van der Waals surface area contributed by atoms with Gasteiger partial charge in [0.25, 0.3) is 11.8 Å². The fraction of sp³-hybridized carbons (Fsp3) is 0.182. The number of carbonyl (C=O) groups is 3. The number of amides is 3. The number of likely N-dealkylation sites (N-methyl/N-ethyl adjacent to an activating group) is 1. The van der Waals surface area contributed by atoms with Crippen LogP contribution in [0.4, 0.5) is 11.4 Å². The van der Waals surface area contributed by atoms with E-state index in [0.717, 1.165) is 11.8 Å². The van der Waals surface area contributed by atoms with Crippen molar-refractivity contribution < 1.29 is 23.9 Å². The summed E-state index contributed by atoms with van der Waals surface area (Å²) >= 11 is 6.30. The zero-order valence-corrected chi connectivity index (χ0v) is 19.1. The highest BCUT2D eigenvalue weighted by molar-refractivity contribution is 8.26. The maximum Gasteiger partial charge on any atom is 0.266 e. The van der Waals surface area contributed by atoms with E-state index in [4.69, 9.17) is 21.7 Å². The molecule has 0 bridgehead atoms. The largest absolute Gasteiger partial charge is 0.497 e. The average molecular weight is 470 g/mol. The summed E-state index contributed by atoms with van der Waals surface area (Å²) < 4.78 is 10.9. The van der Waals surface area contributed by atoms with Crippen molar-refractivity contribution in [2.75, 3.05) is 38.0 Å². The minimum absolute atomic E-state index is 0.235. The highest BCUT2D eigenvalue weighted by Gasteiger charge is 2.41. The lowest BCUT2D eigenvalue weighted by molar-refractivity contribution is -0.121. The Hall–Kier alpha value is -3.37. The monoisotopic (exact) mass is 469 g/mol. The number of anilines is 2. The summed E-state index contributed by atoms with van der Waals surface area (Å²) in [5, 5.41) is 2.77. The van der Waals surface area contributed by atoms with E-state index >= 15 is 0 Å². The van der Waals surface area contributed by atoms with E-state index in [2.05, 4.69) is 5.32 Å². The van der Waals surface area contributed by atoms with Crippen molar-refractivity contribution in [3.05, 3.63) is 52.9 Å². The van der Waals surface area contributed by atoms with Gasteiger partial charge in [0.1, 0.15) is 22.4 Å². The Bertz CT molecular complexity index is 1190. The van der Waals surface area contributed by atoms with Gasteiger partial charge in [-0.1, -0.05) is 42.2 Å². The summed E-state index contributed by atoms with van der Waals surface area (Å²) in [6.07, 6.45) is 0. The van der Waals surface area contributed by atoms with Crippen molar-refractivity contribution in [3.63, 3.8) is 0 Å². The summed E-state index contributed by atoms with van der Waals surface area (Å²) in [5.74, 6) is -0.148. The van der Waals surface area contributed by atoms with Crippen LogP contribution in [0.5, 0.6) is 11.5 Å². The molecule has 1 saturated heterocycles. The van der Waals surface area contributed by atoms with Gasteiger partial charge in [0, 0.05) is 18.7 Å². The number of rotatable bonds is 5. The Morgan fingerprint density at radius 1 is 1.09 bits per heavy atom. The third-order valence-corrected chi connectivity index (χ3v) is 6.65. The van der Waals surface area contributed by atoms with Crippen LogP contribution < -0.4 is 19.7 Å². The lowest BCUT2D eigenvalue weighted by Gasteiger charge is -2.18. The summed E-state index contributed by atoms with van der Waals surface area (Å²) in [4.78, 5) is 41.8. The van der Waals surface area contributed by atoms with Crippen LogP contribution in [-0.2, 0) is 14.4 Å². The number of para-hydroxylation sites is 1. The molecule has 164 valence electrons. The van der Waals surface area contributed by atoms with Crippen LogP contribution in [0.2, 0.25) is 0 Å². The number of benzene rings is 2. The van der Waals surface area contributed by atoms with Crippen LogP contribution in [0.3, 0.4) is 0 Å². The molecule has 8 nitrogen and oxygen atoms in total. The molecule has 1 N–H and O–H groups in total. The van der Waals surface area contributed by atoms with Gasteiger partial charge in [-0.15, -0.1) is 0 Å². The number of methoxy groups -OCH3 is 2. The molecule has 0 aromatic heterocycles. The van der Waals surface area contributed by atoms with Gasteiger partial charge in [-0.2, -0.15) is 0 Å². The molecule has 2 aromatic carbocycles. The number of fused-ring (bicyclic) bond motifs is 1. The molecule has 2 aromatic rings. The zero-order valence-electron chi connectivity index (χ0n) is 17.5. The molecule has 0 saturated carbocycles. The maximum absolute atomic E-state index is 13.3.